The van der Waals surface area contributed by atoms with E-state index in [1.807, 2.05) is 67.6 Å². The van der Waals surface area contributed by atoms with Gasteiger partial charge >= 0.3 is 0 Å². The Morgan fingerprint density at radius 3 is 2.12 bits per heavy atom. The summed E-state index contributed by atoms with van der Waals surface area (Å²) in [5.41, 5.74) is 2.90. The number of aliphatic hydroxyl groups excluding tert-OH is 1. The Morgan fingerprint density at radius 2 is 1.48 bits per heavy atom. The molecule has 1 saturated heterocycles. The van der Waals surface area contributed by atoms with E-state index in [-0.39, 0.29) is 17.9 Å². The topological polar surface area (TPSA) is 85.3 Å². The van der Waals surface area contributed by atoms with Crippen LogP contribution in [-0.4, -0.2) is 35.4 Å². The second-order valence-corrected chi connectivity index (χ2v) is 9.97. The molecule has 1 unspecified atom stereocenters. The van der Waals surface area contributed by atoms with Gasteiger partial charge in [0, 0.05) is 12.1 Å². The summed E-state index contributed by atoms with van der Waals surface area (Å²) >= 11 is 0. The van der Waals surface area contributed by atoms with Crippen LogP contribution in [0.2, 0.25) is 0 Å². The van der Waals surface area contributed by atoms with Gasteiger partial charge in [-0.3, -0.25) is 9.59 Å². The van der Waals surface area contributed by atoms with Gasteiger partial charge in [-0.15, -0.1) is 0 Å². The highest BCUT2D eigenvalue weighted by Gasteiger charge is 2.46. The van der Waals surface area contributed by atoms with Gasteiger partial charge in [-0.25, -0.2) is 0 Å². The number of aliphatic hydroxyl groups is 1. The van der Waals surface area contributed by atoms with Crippen molar-refractivity contribution < 1.29 is 28.9 Å². The number of Topliss-reactive ketones (excluding diaryl/α,β-unsaturated/α-hetero) is 1. The third kappa shape index (κ3) is 6.15. The number of ketones is 1. The molecule has 1 heterocycles. The third-order valence-electron chi connectivity index (χ3n) is 7.08. The minimum absolute atomic E-state index is 0.0122. The maximum Gasteiger partial charge on any atom is 0.295 e. The van der Waals surface area contributed by atoms with Crippen molar-refractivity contribution in [2.45, 2.75) is 32.5 Å². The molecule has 4 aromatic rings. The average Bonchev–Trinajstić information content (AvgIpc) is 3.28. The van der Waals surface area contributed by atoms with E-state index in [0.717, 1.165) is 17.5 Å². The van der Waals surface area contributed by atoms with E-state index in [1.165, 1.54) is 12.0 Å². The van der Waals surface area contributed by atoms with Crippen LogP contribution in [0.5, 0.6) is 17.2 Å². The van der Waals surface area contributed by atoms with Gasteiger partial charge in [0.05, 0.1) is 25.3 Å². The van der Waals surface area contributed by atoms with E-state index in [1.54, 1.807) is 42.5 Å². The Bertz CT molecular complexity index is 1560. The van der Waals surface area contributed by atoms with Gasteiger partial charge in [-0.2, -0.15) is 0 Å². The van der Waals surface area contributed by atoms with Gasteiger partial charge in [-0.1, -0.05) is 73.7 Å². The molecule has 0 radical (unpaired) electrons. The zero-order valence-corrected chi connectivity index (χ0v) is 23.7. The standard InChI is InChI=1S/C35H33NO6/c1-3-20-41-28-17-14-26(15-18-28)33(37)31-32(36(35(39)34(31)38)22-24-10-6-4-7-11-24)27-16-19-29(30(21-27)40-2)42-23-25-12-8-5-9-13-25/h4-19,21,32,37H,3,20,22-23H2,1-2H3. The number of nitrogens with zero attached hydrogens (tertiary/aromatic N) is 1. The molecule has 1 atom stereocenters. The minimum atomic E-state index is -0.849. The van der Waals surface area contributed by atoms with Gasteiger partial charge < -0.3 is 24.2 Å². The smallest absolute Gasteiger partial charge is 0.295 e. The van der Waals surface area contributed by atoms with Crippen molar-refractivity contribution in [3.8, 4) is 17.2 Å². The van der Waals surface area contributed by atoms with Gasteiger partial charge in [0.15, 0.2) is 11.5 Å². The molecule has 1 fully saturated rings. The number of likely N-dealkylation sites (tertiary alicyclic amines) is 1. The van der Waals surface area contributed by atoms with Crippen LogP contribution in [-0.2, 0) is 22.7 Å². The summed E-state index contributed by atoms with van der Waals surface area (Å²) in [6.07, 6.45) is 0.867. The van der Waals surface area contributed by atoms with Crippen molar-refractivity contribution >= 4 is 17.4 Å². The summed E-state index contributed by atoms with van der Waals surface area (Å²) in [6.45, 7) is 3.13. The molecule has 4 aromatic carbocycles. The lowest BCUT2D eigenvalue weighted by molar-refractivity contribution is -0.140. The first-order chi connectivity index (χ1) is 20.5. The van der Waals surface area contributed by atoms with Crippen LogP contribution in [0.1, 0.15) is 41.6 Å². The van der Waals surface area contributed by atoms with E-state index >= 15 is 0 Å². The number of carbonyl (C=O) groups excluding carboxylic acids is 2. The van der Waals surface area contributed by atoms with Crippen LogP contribution in [0.25, 0.3) is 5.76 Å². The van der Waals surface area contributed by atoms with E-state index in [9.17, 15) is 14.7 Å². The Morgan fingerprint density at radius 1 is 0.810 bits per heavy atom. The molecule has 0 aromatic heterocycles. The number of hydrogen-bond acceptors (Lipinski definition) is 6. The molecule has 0 aliphatic carbocycles. The zero-order chi connectivity index (χ0) is 29.5. The lowest BCUT2D eigenvalue weighted by Crippen LogP contribution is -2.29. The molecular weight excluding hydrogens is 530 g/mol. The summed E-state index contributed by atoms with van der Waals surface area (Å²) in [6, 6.07) is 30.5. The van der Waals surface area contributed by atoms with E-state index in [2.05, 4.69) is 0 Å². The van der Waals surface area contributed by atoms with Gasteiger partial charge in [0.25, 0.3) is 11.7 Å². The molecule has 5 rings (SSSR count). The highest BCUT2D eigenvalue weighted by atomic mass is 16.5. The number of amides is 1. The first-order valence-corrected chi connectivity index (χ1v) is 13.9. The second kappa shape index (κ2) is 13.1. The summed E-state index contributed by atoms with van der Waals surface area (Å²) in [7, 11) is 1.54. The van der Waals surface area contributed by atoms with Gasteiger partial charge in [-0.05, 0) is 59.5 Å². The number of methoxy groups -OCH3 is 1. The molecule has 1 aliphatic heterocycles. The fraction of sp³-hybridized carbons (Fsp3) is 0.200. The number of ether oxygens (including phenoxy) is 3. The van der Waals surface area contributed by atoms with E-state index in [0.29, 0.717) is 41.6 Å². The molecule has 7 heteroatoms. The molecule has 0 saturated carbocycles. The van der Waals surface area contributed by atoms with Crippen LogP contribution in [0.15, 0.2) is 109 Å². The number of carbonyl (C=O) groups is 2. The number of hydrogen-bond donors (Lipinski definition) is 1. The van der Waals surface area contributed by atoms with Crippen molar-refractivity contribution in [2.24, 2.45) is 0 Å². The van der Waals surface area contributed by atoms with E-state index < -0.39 is 17.7 Å². The van der Waals surface area contributed by atoms with Crippen LogP contribution in [0, 0.1) is 0 Å². The van der Waals surface area contributed by atoms with Crippen molar-refractivity contribution in [3.05, 3.63) is 131 Å². The summed E-state index contributed by atoms with van der Waals surface area (Å²) < 4.78 is 17.4. The van der Waals surface area contributed by atoms with E-state index in [4.69, 9.17) is 14.2 Å². The first kappa shape index (κ1) is 28.5. The van der Waals surface area contributed by atoms with Crippen LogP contribution in [0.4, 0.5) is 0 Å². The van der Waals surface area contributed by atoms with Crippen molar-refractivity contribution in [2.75, 3.05) is 13.7 Å². The summed E-state index contributed by atoms with van der Waals surface area (Å²) in [5, 5.41) is 11.5. The Kier molecular flexibility index (Phi) is 8.87. The molecule has 1 amide bonds. The SMILES string of the molecule is CCCOc1ccc(C(O)=C2C(=O)C(=O)N(Cc3ccccc3)C2c2ccc(OCc3ccccc3)c(OC)c2)cc1. The van der Waals surface area contributed by atoms with Gasteiger partial charge in [0.1, 0.15) is 18.1 Å². The molecule has 1 N–H and O–H groups in total. The van der Waals surface area contributed by atoms with Gasteiger partial charge in [0.2, 0.25) is 0 Å². The number of benzene rings is 4. The van der Waals surface area contributed by atoms with Crippen molar-refractivity contribution in [1.82, 2.24) is 4.90 Å². The minimum Gasteiger partial charge on any atom is -0.507 e. The Hall–Kier alpha value is -5.04. The van der Waals surface area contributed by atoms with Crippen molar-refractivity contribution in [3.63, 3.8) is 0 Å². The molecule has 214 valence electrons. The maximum atomic E-state index is 13.5. The molecule has 0 spiro atoms. The lowest BCUT2D eigenvalue weighted by atomic mass is 9.94. The highest BCUT2D eigenvalue weighted by Crippen LogP contribution is 2.43. The third-order valence-corrected chi connectivity index (χ3v) is 7.08. The van der Waals surface area contributed by atoms with Crippen LogP contribution in [0.3, 0.4) is 0 Å². The fourth-order valence-electron chi connectivity index (χ4n) is 4.96. The van der Waals surface area contributed by atoms with Crippen LogP contribution < -0.4 is 14.2 Å². The first-order valence-electron chi connectivity index (χ1n) is 13.9. The Labute approximate surface area is 245 Å². The fourth-order valence-corrected chi connectivity index (χ4v) is 4.96. The summed E-state index contributed by atoms with van der Waals surface area (Å²) in [4.78, 5) is 28.4. The Balaban J connectivity index is 1.54. The van der Waals surface area contributed by atoms with Crippen LogP contribution >= 0.6 is 0 Å². The lowest BCUT2D eigenvalue weighted by Gasteiger charge is -2.26. The quantitative estimate of drug-likeness (QED) is 0.124. The normalized spacial score (nSPS) is 16.0. The highest BCUT2D eigenvalue weighted by molar-refractivity contribution is 6.46. The predicted molar refractivity (Wildman–Crippen MR) is 160 cm³/mol. The number of rotatable bonds is 11. The maximum absolute atomic E-state index is 13.5. The molecule has 0 bridgehead atoms. The largest absolute Gasteiger partial charge is 0.507 e. The average molecular weight is 564 g/mol. The van der Waals surface area contributed by atoms with Crippen molar-refractivity contribution in [1.29, 1.82) is 0 Å². The second-order valence-electron chi connectivity index (χ2n) is 9.97. The monoisotopic (exact) mass is 563 g/mol. The zero-order valence-electron chi connectivity index (χ0n) is 23.7. The summed E-state index contributed by atoms with van der Waals surface area (Å²) in [5.74, 6) is -0.0525. The molecule has 1 aliphatic rings. The molecule has 42 heavy (non-hydrogen) atoms. The predicted octanol–water partition coefficient (Wildman–Crippen LogP) is 6.68. The molecular formula is C35H33NO6. The molecule has 7 nitrogen and oxygen atoms in total.